The first-order chi connectivity index (χ1) is 12.2. The van der Waals surface area contributed by atoms with Crippen molar-refractivity contribution in [2.75, 3.05) is 17.2 Å². The Morgan fingerprint density at radius 2 is 1.80 bits per heavy atom. The summed E-state index contributed by atoms with van der Waals surface area (Å²) in [5.74, 6) is 0.353. The van der Waals surface area contributed by atoms with Crippen molar-refractivity contribution in [1.82, 2.24) is 9.97 Å². The number of nitrogens with one attached hydrogen (secondary N) is 2. The lowest BCUT2D eigenvalue weighted by Crippen LogP contribution is -2.15. The molecule has 1 aromatic carbocycles. The van der Waals surface area contributed by atoms with E-state index >= 15 is 0 Å². The van der Waals surface area contributed by atoms with Gasteiger partial charge in [-0.3, -0.25) is 4.79 Å². The highest BCUT2D eigenvalue weighted by atomic mass is 35.5. The summed E-state index contributed by atoms with van der Waals surface area (Å²) in [7, 11) is 0. The average Bonchev–Trinajstić information content (AvgIpc) is 2.63. The number of aromatic nitrogens is 2. The number of halogens is 1. The first-order valence-electron chi connectivity index (χ1n) is 8.82. The van der Waals surface area contributed by atoms with Crippen LogP contribution in [0, 0.1) is 0 Å². The fourth-order valence-corrected chi connectivity index (χ4v) is 2.59. The molecule has 0 unspecified atom stereocenters. The molecule has 2 N–H and O–H groups in total. The van der Waals surface area contributed by atoms with Crippen LogP contribution in [0.3, 0.4) is 0 Å². The number of benzene rings is 1. The van der Waals surface area contributed by atoms with Crippen LogP contribution in [0.2, 0.25) is 5.02 Å². The molecule has 0 saturated heterocycles. The van der Waals surface area contributed by atoms with Crippen LogP contribution in [0.15, 0.2) is 36.7 Å². The van der Waals surface area contributed by atoms with Crippen molar-refractivity contribution < 1.29 is 4.79 Å². The second-order valence-corrected chi connectivity index (χ2v) is 6.32. The lowest BCUT2D eigenvalue weighted by molar-refractivity contribution is 0.102. The van der Waals surface area contributed by atoms with Crippen LogP contribution in [-0.4, -0.2) is 22.4 Å². The molecule has 0 aliphatic heterocycles. The molecule has 25 heavy (non-hydrogen) atoms. The van der Waals surface area contributed by atoms with E-state index in [9.17, 15) is 4.79 Å². The molecular formula is C19H25ClN4O. The van der Waals surface area contributed by atoms with Gasteiger partial charge in [-0.2, -0.15) is 0 Å². The Kier molecular flexibility index (Phi) is 8.19. The van der Waals surface area contributed by atoms with Gasteiger partial charge in [0.2, 0.25) is 0 Å². The molecule has 2 rings (SSSR count). The van der Waals surface area contributed by atoms with Crippen molar-refractivity contribution in [2.24, 2.45) is 0 Å². The number of para-hydroxylation sites is 1. The number of hydrogen-bond donors (Lipinski definition) is 2. The number of carbonyl (C=O) groups excluding carboxylic acids is 1. The smallest absolute Gasteiger partial charge is 0.275 e. The van der Waals surface area contributed by atoms with E-state index in [1.165, 1.54) is 38.3 Å². The minimum absolute atomic E-state index is 0.255. The zero-order chi connectivity index (χ0) is 17.9. The van der Waals surface area contributed by atoms with Crippen molar-refractivity contribution >= 4 is 29.0 Å². The van der Waals surface area contributed by atoms with E-state index in [0.717, 1.165) is 13.0 Å². The minimum Gasteiger partial charge on any atom is -0.369 e. The molecule has 2 aromatic rings. The third kappa shape index (κ3) is 6.70. The molecule has 0 fully saturated rings. The molecular weight excluding hydrogens is 336 g/mol. The number of rotatable bonds is 10. The van der Waals surface area contributed by atoms with Gasteiger partial charge in [0, 0.05) is 6.54 Å². The second kappa shape index (κ2) is 10.7. The van der Waals surface area contributed by atoms with Crippen LogP contribution in [-0.2, 0) is 0 Å². The van der Waals surface area contributed by atoms with Crippen LogP contribution < -0.4 is 10.6 Å². The summed E-state index contributed by atoms with van der Waals surface area (Å²) < 4.78 is 0. The summed E-state index contributed by atoms with van der Waals surface area (Å²) in [6.45, 7) is 3.09. The molecule has 0 aliphatic carbocycles. The quantitative estimate of drug-likeness (QED) is 0.574. The summed E-state index contributed by atoms with van der Waals surface area (Å²) in [4.78, 5) is 20.6. The molecule has 0 bridgehead atoms. The van der Waals surface area contributed by atoms with E-state index in [1.807, 2.05) is 12.1 Å². The fourth-order valence-electron chi connectivity index (χ4n) is 2.41. The van der Waals surface area contributed by atoms with Crippen LogP contribution >= 0.6 is 11.6 Å². The fraction of sp³-hybridized carbons (Fsp3) is 0.421. The van der Waals surface area contributed by atoms with Gasteiger partial charge >= 0.3 is 0 Å². The highest BCUT2D eigenvalue weighted by Gasteiger charge is 2.10. The molecule has 0 spiro atoms. The van der Waals surface area contributed by atoms with Gasteiger partial charge < -0.3 is 10.6 Å². The lowest BCUT2D eigenvalue weighted by atomic mass is 10.1. The van der Waals surface area contributed by atoms with Gasteiger partial charge in [-0.05, 0) is 18.6 Å². The summed E-state index contributed by atoms with van der Waals surface area (Å²) >= 11 is 6.03. The van der Waals surface area contributed by atoms with E-state index in [0.29, 0.717) is 16.5 Å². The van der Waals surface area contributed by atoms with Crippen LogP contribution in [0.25, 0.3) is 0 Å². The van der Waals surface area contributed by atoms with Crippen molar-refractivity contribution in [3.8, 4) is 0 Å². The normalized spacial score (nSPS) is 10.5. The van der Waals surface area contributed by atoms with Gasteiger partial charge in [-0.25, -0.2) is 9.97 Å². The molecule has 0 aliphatic rings. The molecule has 1 heterocycles. The molecule has 1 amide bonds. The molecule has 134 valence electrons. The maximum atomic E-state index is 12.2. The lowest BCUT2D eigenvalue weighted by Gasteiger charge is -2.08. The van der Waals surface area contributed by atoms with E-state index in [2.05, 4.69) is 27.5 Å². The minimum atomic E-state index is -0.330. The highest BCUT2D eigenvalue weighted by molar-refractivity contribution is 6.33. The van der Waals surface area contributed by atoms with Gasteiger partial charge in [0.15, 0.2) is 0 Å². The number of unbranched alkanes of at least 4 members (excludes halogenated alkanes) is 5. The standard InChI is InChI=1S/C19H25ClN4O/c1-2-3-4-5-6-9-12-21-18-14-22-17(13-23-18)19(25)24-16-11-8-7-10-15(16)20/h7-8,10-11,13-14H,2-6,9,12H2,1H3,(H,21,23)(H,24,25). The van der Waals surface area contributed by atoms with Crippen molar-refractivity contribution in [1.29, 1.82) is 0 Å². The number of nitrogens with zero attached hydrogens (tertiary/aromatic N) is 2. The Labute approximate surface area is 154 Å². The van der Waals surface area contributed by atoms with Gasteiger partial charge in [-0.15, -0.1) is 0 Å². The van der Waals surface area contributed by atoms with Crippen LogP contribution in [0.1, 0.15) is 55.9 Å². The third-order valence-corrected chi connectivity index (χ3v) is 4.17. The Morgan fingerprint density at radius 3 is 2.52 bits per heavy atom. The Bertz CT molecular complexity index is 661. The predicted molar refractivity (Wildman–Crippen MR) is 103 cm³/mol. The van der Waals surface area contributed by atoms with Crippen molar-refractivity contribution in [3.05, 3.63) is 47.4 Å². The van der Waals surface area contributed by atoms with Gasteiger partial charge in [-0.1, -0.05) is 62.8 Å². The van der Waals surface area contributed by atoms with Crippen LogP contribution in [0.4, 0.5) is 11.5 Å². The monoisotopic (exact) mass is 360 g/mol. The third-order valence-electron chi connectivity index (χ3n) is 3.84. The Hall–Kier alpha value is -2.14. The first kappa shape index (κ1) is 19.2. The SMILES string of the molecule is CCCCCCCCNc1cnc(C(=O)Nc2ccccc2Cl)cn1. The summed E-state index contributed by atoms with van der Waals surface area (Å²) in [6, 6.07) is 7.08. The van der Waals surface area contributed by atoms with Crippen molar-refractivity contribution in [2.45, 2.75) is 45.4 Å². The van der Waals surface area contributed by atoms with E-state index < -0.39 is 0 Å². The van der Waals surface area contributed by atoms with E-state index in [1.54, 1.807) is 18.3 Å². The molecule has 5 nitrogen and oxygen atoms in total. The second-order valence-electron chi connectivity index (χ2n) is 5.92. The zero-order valence-corrected chi connectivity index (χ0v) is 15.4. The highest BCUT2D eigenvalue weighted by Crippen LogP contribution is 2.20. The predicted octanol–water partition coefficient (Wildman–Crippen LogP) is 5.15. The summed E-state index contributed by atoms with van der Waals surface area (Å²) in [5, 5.41) is 6.45. The topological polar surface area (TPSA) is 66.9 Å². The molecule has 0 saturated carbocycles. The first-order valence-corrected chi connectivity index (χ1v) is 9.20. The number of anilines is 2. The maximum absolute atomic E-state index is 12.2. The van der Waals surface area contributed by atoms with Crippen LogP contribution in [0.5, 0.6) is 0 Å². The summed E-state index contributed by atoms with van der Waals surface area (Å²) in [6.07, 6.45) is 10.6. The summed E-state index contributed by atoms with van der Waals surface area (Å²) in [5.41, 5.74) is 0.811. The number of hydrogen-bond acceptors (Lipinski definition) is 4. The van der Waals surface area contributed by atoms with Gasteiger partial charge in [0.1, 0.15) is 11.5 Å². The van der Waals surface area contributed by atoms with Crippen molar-refractivity contribution in [3.63, 3.8) is 0 Å². The van der Waals surface area contributed by atoms with E-state index in [-0.39, 0.29) is 11.6 Å². The molecule has 6 heteroatoms. The Morgan fingerprint density at radius 1 is 1.04 bits per heavy atom. The number of carbonyl (C=O) groups is 1. The number of amides is 1. The molecule has 1 aromatic heterocycles. The van der Waals surface area contributed by atoms with Gasteiger partial charge in [0.05, 0.1) is 23.1 Å². The maximum Gasteiger partial charge on any atom is 0.275 e. The van der Waals surface area contributed by atoms with E-state index in [4.69, 9.17) is 11.6 Å². The average molecular weight is 361 g/mol. The molecule has 0 radical (unpaired) electrons. The van der Waals surface area contributed by atoms with Gasteiger partial charge in [0.25, 0.3) is 5.91 Å². The largest absolute Gasteiger partial charge is 0.369 e. The zero-order valence-electron chi connectivity index (χ0n) is 14.6. The Balaban J connectivity index is 1.75. The molecule has 0 atom stereocenters.